The SMILES string of the molecule is ClCc1cncn1Cc1ccsc1. The molecule has 0 spiro atoms. The van der Waals surface area contributed by atoms with E-state index in [0.717, 1.165) is 12.2 Å². The quantitative estimate of drug-likeness (QED) is 0.716. The van der Waals surface area contributed by atoms with Crippen molar-refractivity contribution in [1.29, 1.82) is 0 Å². The molecule has 0 amide bonds. The van der Waals surface area contributed by atoms with Crippen LogP contribution in [0.4, 0.5) is 0 Å². The summed E-state index contributed by atoms with van der Waals surface area (Å²) in [4.78, 5) is 4.06. The third kappa shape index (κ3) is 1.92. The second-order valence-corrected chi connectivity index (χ2v) is 3.83. The Kier molecular flexibility index (Phi) is 2.66. The van der Waals surface area contributed by atoms with Crippen LogP contribution in [0.2, 0.25) is 0 Å². The normalized spacial score (nSPS) is 10.5. The number of aromatic nitrogens is 2. The van der Waals surface area contributed by atoms with Crippen molar-refractivity contribution < 1.29 is 0 Å². The van der Waals surface area contributed by atoms with Gasteiger partial charge in [-0.2, -0.15) is 11.3 Å². The van der Waals surface area contributed by atoms with Crippen molar-refractivity contribution in [3.8, 4) is 0 Å². The van der Waals surface area contributed by atoms with E-state index in [1.54, 1.807) is 17.5 Å². The molecule has 2 heterocycles. The molecule has 0 aromatic carbocycles. The number of hydrogen-bond donors (Lipinski definition) is 0. The lowest BCUT2D eigenvalue weighted by Crippen LogP contribution is -2.00. The molecule has 0 aliphatic carbocycles. The molecular formula is C9H9ClN2S. The second kappa shape index (κ2) is 3.94. The summed E-state index contributed by atoms with van der Waals surface area (Å²) < 4.78 is 2.06. The average molecular weight is 213 g/mol. The van der Waals surface area contributed by atoms with Gasteiger partial charge in [0.1, 0.15) is 0 Å². The van der Waals surface area contributed by atoms with Crippen molar-refractivity contribution in [2.24, 2.45) is 0 Å². The number of rotatable bonds is 3. The highest BCUT2D eigenvalue weighted by atomic mass is 35.5. The van der Waals surface area contributed by atoms with E-state index in [2.05, 4.69) is 26.4 Å². The summed E-state index contributed by atoms with van der Waals surface area (Å²) in [6.07, 6.45) is 3.62. The Bertz CT molecular complexity index is 367. The molecule has 0 fully saturated rings. The molecule has 2 nitrogen and oxygen atoms in total. The van der Waals surface area contributed by atoms with Crippen LogP contribution in [0.25, 0.3) is 0 Å². The van der Waals surface area contributed by atoms with Gasteiger partial charge in [-0.05, 0) is 22.4 Å². The van der Waals surface area contributed by atoms with Gasteiger partial charge in [-0.1, -0.05) is 0 Å². The van der Waals surface area contributed by atoms with Crippen LogP contribution in [0.1, 0.15) is 11.3 Å². The number of hydrogen-bond acceptors (Lipinski definition) is 2. The predicted octanol–water partition coefficient (Wildman–Crippen LogP) is 2.73. The van der Waals surface area contributed by atoms with Crippen LogP contribution in [-0.2, 0) is 12.4 Å². The number of alkyl halides is 1. The molecule has 68 valence electrons. The van der Waals surface area contributed by atoms with E-state index < -0.39 is 0 Å². The summed E-state index contributed by atoms with van der Waals surface area (Å²) >= 11 is 7.46. The van der Waals surface area contributed by atoms with Gasteiger partial charge in [-0.3, -0.25) is 0 Å². The predicted molar refractivity (Wildman–Crippen MR) is 55.2 cm³/mol. The summed E-state index contributed by atoms with van der Waals surface area (Å²) in [6.45, 7) is 0.867. The molecule has 0 N–H and O–H groups in total. The largest absolute Gasteiger partial charge is 0.329 e. The Hall–Kier alpha value is -0.800. The van der Waals surface area contributed by atoms with Gasteiger partial charge in [0.15, 0.2) is 0 Å². The van der Waals surface area contributed by atoms with Gasteiger partial charge in [0.05, 0.1) is 17.9 Å². The highest BCUT2D eigenvalue weighted by Crippen LogP contribution is 2.10. The first-order chi connectivity index (χ1) is 6.40. The van der Waals surface area contributed by atoms with Crippen LogP contribution >= 0.6 is 22.9 Å². The first-order valence-corrected chi connectivity index (χ1v) is 5.44. The Morgan fingerprint density at radius 2 is 2.46 bits per heavy atom. The molecule has 2 rings (SSSR count). The average Bonchev–Trinajstić information content (AvgIpc) is 2.76. The van der Waals surface area contributed by atoms with Gasteiger partial charge < -0.3 is 4.57 Å². The van der Waals surface area contributed by atoms with E-state index in [0.29, 0.717) is 5.88 Å². The third-order valence-electron chi connectivity index (χ3n) is 1.87. The Labute approximate surface area is 85.8 Å². The van der Waals surface area contributed by atoms with Gasteiger partial charge in [0.25, 0.3) is 0 Å². The molecular weight excluding hydrogens is 204 g/mol. The van der Waals surface area contributed by atoms with Crippen LogP contribution in [0, 0.1) is 0 Å². The molecule has 0 bridgehead atoms. The molecule has 0 aliphatic heterocycles. The third-order valence-corrected chi connectivity index (χ3v) is 2.87. The van der Waals surface area contributed by atoms with E-state index in [1.165, 1.54) is 5.56 Å². The zero-order valence-corrected chi connectivity index (χ0v) is 8.55. The monoisotopic (exact) mass is 212 g/mol. The van der Waals surface area contributed by atoms with Gasteiger partial charge in [-0.25, -0.2) is 4.98 Å². The van der Waals surface area contributed by atoms with Gasteiger partial charge in [0, 0.05) is 12.7 Å². The lowest BCUT2D eigenvalue weighted by atomic mass is 10.3. The van der Waals surface area contributed by atoms with Gasteiger partial charge in [0.2, 0.25) is 0 Å². The highest BCUT2D eigenvalue weighted by molar-refractivity contribution is 7.07. The van der Waals surface area contributed by atoms with Crippen molar-refractivity contribution in [1.82, 2.24) is 9.55 Å². The molecule has 2 aromatic rings. The van der Waals surface area contributed by atoms with Crippen molar-refractivity contribution in [3.05, 3.63) is 40.6 Å². The Balaban J connectivity index is 2.18. The number of thiophene rings is 1. The van der Waals surface area contributed by atoms with Gasteiger partial charge in [-0.15, -0.1) is 11.6 Å². The smallest absolute Gasteiger partial charge is 0.0951 e. The minimum absolute atomic E-state index is 0.518. The number of nitrogens with zero attached hydrogens (tertiary/aromatic N) is 2. The number of imidazole rings is 1. The molecule has 2 aromatic heterocycles. The Morgan fingerprint density at radius 1 is 1.54 bits per heavy atom. The molecule has 0 unspecified atom stereocenters. The summed E-state index contributed by atoms with van der Waals surface area (Å²) in [7, 11) is 0. The van der Waals surface area contributed by atoms with Crippen molar-refractivity contribution >= 4 is 22.9 Å². The highest BCUT2D eigenvalue weighted by Gasteiger charge is 2.00. The molecule has 13 heavy (non-hydrogen) atoms. The van der Waals surface area contributed by atoms with Crippen LogP contribution < -0.4 is 0 Å². The molecule has 0 radical (unpaired) electrons. The minimum Gasteiger partial charge on any atom is -0.329 e. The maximum atomic E-state index is 5.76. The molecule has 0 saturated carbocycles. The second-order valence-electron chi connectivity index (χ2n) is 2.78. The summed E-state index contributed by atoms with van der Waals surface area (Å²) in [6, 6.07) is 2.11. The topological polar surface area (TPSA) is 17.8 Å². The van der Waals surface area contributed by atoms with Crippen molar-refractivity contribution in [3.63, 3.8) is 0 Å². The first kappa shape index (κ1) is 8.78. The van der Waals surface area contributed by atoms with E-state index >= 15 is 0 Å². The number of halogens is 1. The van der Waals surface area contributed by atoms with Crippen molar-refractivity contribution in [2.45, 2.75) is 12.4 Å². The van der Waals surface area contributed by atoms with E-state index in [1.807, 2.05) is 6.33 Å². The standard InChI is InChI=1S/C9H9ClN2S/c10-3-9-4-11-7-12(9)5-8-1-2-13-6-8/h1-2,4,6-7H,3,5H2. The first-order valence-electron chi connectivity index (χ1n) is 3.96. The fourth-order valence-electron chi connectivity index (χ4n) is 1.18. The van der Waals surface area contributed by atoms with E-state index in [9.17, 15) is 0 Å². The molecule has 0 atom stereocenters. The lowest BCUT2D eigenvalue weighted by Gasteiger charge is -2.03. The van der Waals surface area contributed by atoms with Crippen LogP contribution in [0.3, 0.4) is 0 Å². The fourth-order valence-corrected chi connectivity index (χ4v) is 2.06. The lowest BCUT2D eigenvalue weighted by molar-refractivity contribution is 0.767. The maximum absolute atomic E-state index is 5.76. The van der Waals surface area contributed by atoms with E-state index in [-0.39, 0.29) is 0 Å². The van der Waals surface area contributed by atoms with Crippen LogP contribution in [0.5, 0.6) is 0 Å². The zero-order chi connectivity index (χ0) is 9.10. The van der Waals surface area contributed by atoms with E-state index in [4.69, 9.17) is 11.6 Å². The Morgan fingerprint density at radius 3 is 3.15 bits per heavy atom. The minimum atomic E-state index is 0.518. The zero-order valence-electron chi connectivity index (χ0n) is 6.98. The van der Waals surface area contributed by atoms with Crippen LogP contribution in [0.15, 0.2) is 29.4 Å². The molecule has 0 saturated heterocycles. The summed E-state index contributed by atoms with van der Waals surface area (Å²) in [5.41, 5.74) is 2.36. The summed E-state index contributed by atoms with van der Waals surface area (Å²) in [5.74, 6) is 0.518. The molecule has 0 aliphatic rings. The fraction of sp³-hybridized carbons (Fsp3) is 0.222. The van der Waals surface area contributed by atoms with Crippen LogP contribution in [-0.4, -0.2) is 9.55 Å². The maximum Gasteiger partial charge on any atom is 0.0951 e. The van der Waals surface area contributed by atoms with Gasteiger partial charge >= 0.3 is 0 Å². The summed E-state index contributed by atoms with van der Waals surface area (Å²) in [5, 5.41) is 4.21. The molecule has 4 heteroatoms. The van der Waals surface area contributed by atoms with Crippen molar-refractivity contribution in [2.75, 3.05) is 0 Å².